The number of piperidine rings is 1. The fourth-order valence-corrected chi connectivity index (χ4v) is 2.56. The number of likely N-dealkylation sites (tertiary alicyclic amines) is 1. The molecule has 0 aliphatic carbocycles. The number of nitrogens with one attached hydrogen (secondary N) is 1. The zero-order valence-electron chi connectivity index (χ0n) is 14.6. The van der Waals surface area contributed by atoms with Gasteiger partial charge in [-0.2, -0.15) is 0 Å². The van der Waals surface area contributed by atoms with Crippen LogP contribution in [0.25, 0.3) is 6.08 Å². The zero-order chi connectivity index (χ0) is 17.6. The molecule has 0 atom stereocenters. The topological polar surface area (TPSA) is 58.6 Å². The summed E-state index contributed by atoms with van der Waals surface area (Å²) in [6.07, 6.45) is 4.52. The summed E-state index contributed by atoms with van der Waals surface area (Å²) in [5.74, 6) is 0.00886. The van der Waals surface area contributed by atoms with Crippen LogP contribution in [0.2, 0.25) is 0 Å². The van der Waals surface area contributed by atoms with E-state index in [-0.39, 0.29) is 11.9 Å². The van der Waals surface area contributed by atoms with Crippen molar-refractivity contribution in [2.24, 2.45) is 0 Å². The number of ether oxygens (including phenoxy) is 1. The molecule has 5 nitrogen and oxygen atoms in total. The average molecular weight is 330 g/mol. The fourth-order valence-electron chi connectivity index (χ4n) is 2.56. The molecule has 24 heavy (non-hydrogen) atoms. The molecule has 1 aliphatic heterocycles. The smallest absolute Gasteiger partial charge is 0.407 e. The Morgan fingerprint density at radius 2 is 1.79 bits per heavy atom. The van der Waals surface area contributed by atoms with Gasteiger partial charge in [0.2, 0.25) is 5.91 Å². The van der Waals surface area contributed by atoms with E-state index in [0.29, 0.717) is 13.1 Å². The summed E-state index contributed by atoms with van der Waals surface area (Å²) < 4.78 is 5.26. The van der Waals surface area contributed by atoms with Gasteiger partial charge in [0.1, 0.15) is 5.60 Å². The predicted octanol–water partition coefficient (Wildman–Crippen LogP) is 3.22. The van der Waals surface area contributed by atoms with E-state index in [1.54, 1.807) is 6.08 Å². The van der Waals surface area contributed by atoms with Crippen LogP contribution in [0.5, 0.6) is 0 Å². The van der Waals surface area contributed by atoms with Crippen LogP contribution in [-0.4, -0.2) is 41.6 Å². The van der Waals surface area contributed by atoms with Gasteiger partial charge in [-0.1, -0.05) is 30.3 Å². The number of alkyl carbamates (subject to hydrolysis) is 1. The zero-order valence-corrected chi connectivity index (χ0v) is 14.6. The molecular weight excluding hydrogens is 304 g/mol. The van der Waals surface area contributed by atoms with Gasteiger partial charge in [-0.25, -0.2) is 4.79 Å². The molecule has 1 N–H and O–H groups in total. The summed E-state index contributed by atoms with van der Waals surface area (Å²) in [5.41, 5.74) is 0.510. The van der Waals surface area contributed by atoms with Gasteiger partial charge in [0.25, 0.3) is 0 Å². The van der Waals surface area contributed by atoms with Crippen LogP contribution in [-0.2, 0) is 9.53 Å². The Morgan fingerprint density at radius 1 is 1.17 bits per heavy atom. The van der Waals surface area contributed by atoms with Crippen molar-refractivity contribution in [2.75, 3.05) is 13.1 Å². The van der Waals surface area contributed by atoms with Crippen LogP contribution in [0.4, 0.5) is 4.79 Å². The maximum absolute atomic E-state index is 12.2. The van der Waals surface area contributed by atoms with Gasteiger partial charge in [0.15, 0.2) is 0 Å². The molecule has 130 valence electrons. The second-order valence-corrected chi connectivity index (χ2v) is 6.99. The lowest BCUT2D eigenvalue weighted by molar-refractivity contribution is -0.127. The molecule has 0 radical (unpaired) electrons. The monoisotopic (exact) mass is 330 g/mol. The minimum Gasteiger partial charge on any atom is -0.444 e. The van der Waals surface area contributed by atoms with E-state index in [1.165, 1.54) is 0 Å². The van der Waals surface area contributed by atoms with Gasteiger partial charge in [-0.3, -0.25) is 4.79 Å². The molecular formula is C19H26N2O3. The van der Waals surface area contributed by atoms with Crippen LogP contribution in [0.1, 0.15) is 39.2 Å². The van der Waals surface area contributed by atoms with Gasteiger partial charge in [0, 0.05) is 25.2 Å². The minimum absolute atomic E-state index is 0.00886. The number of nitrogens with zero attached hydrogens (tertiary/aromatic N) is 1. The van der Waals surface area contributed by atoms with E-state index in [9.17, 15) is 9.59 Å². The van der Waals surface area contributed by atoms with Crippen molar-refractivity contribution in [3.05, 3.63) is 42.0 Å². The van der Waals surface area contributed by atoms with E-state index >= 15 is 0 Å². The Balaban J connectivity index is 1.77. The van der Waals surface area contributed by atoms with E-state index in [4.69, 9.17) is 4.74 Å². The molecule has 1 heterocycles. The first-order chi connectivity index (χ1) is 11.3. The van der Waals surface area contributed by atoms with Gasteiger partial charge in [-0.15, -0.1) is 0 Å². The van der Waals surface area contributed by atoms with E-state index in [1.807, 2.05) is 62.1 Å². The molecule has 2 amide bonds. The number of amides is 2. The van der Waals surface area contributed by atoms with E-state index in [2.05, 4.69) is 5.32 Å². The first kappa shape index (κ1) is 18.0. The highest BCUT2D eigenvalue weighted by molar-refractivity contribution is 5.91. The lowest BCUT2D eigenvalue weighted by Gasteiger charge is -2.32. The molecule has 2 rings (SSSR count). The first-order valence-electron chi connectivity index (χ1n) is 8.35. The number of hydrogen-bond donors (Lipinski definition) is 1. The third kappa shape index (κ3) is 6.07. The van der Waals surface area contributed by atoms with Gasteiger partial charge in [0.05, 0.1) is 0 Å². The van der Waals surface area contributed by atoms with Crippen molar-refractivity contribution in [3.8, 4) is 0 Å². The summed E-state index contributed by atoms with van der Waals surface area (Å²) in [4.78, 5) is 25.8. The molecule has 1 fully saturated rings. The minimum atomic E-state index is -0.497. The second-order valence-electron chi connectivity index (χ2n) is 6.99. The Labute approximate surface area is 143 Å². The van der Waals surface area contributed by atoms with Gasteiger partial charge in [-0.05, 0) is 45.3 Å². The second kappa shape index (κ2) is 7.99. The summed E-state index contributed by atoms with van der Waals surface area (Å²) in [6.45, 7) is 6.80. The third-order valence-electron chi connectivity index (χ3n) is 3.75. The van der Waals surface area contributed by atoms with Crippen LogP contribution in [0, 0.1) is 0 Å². The lowest BCUT2D eigenvalue weighted by atomic mass is 10.1. The average Bonchev–Trinajstić information content (AvgIpc) is 2.52. The molecule has 0 aromatic heterocycles. The highest BCUT2D eigenvalue weighted by Crippen LogP contribution is 2.13. The predicted molar refractivity (Wildman–Crippen MR) is 94.4 cm³/mol. The van der Waals surface area contributed by atoms with Crippen LogP contribution < -0.4 is 5.32 Å². The highest BCUT2D eigenvalue weighted by Gasteiger charge is 2.24. The Bertz CT molecular complexity index is 582. The summed E-state index contributed by atoms with van der Waals surface area (Å²) >= 11 is 0. The van der Waals surface area contributed by atoms with Crippen LogP contribution in [0.15, 0.2) is 36.4 Å². The third-order valence-corrected chi connectivity index (χ3v) is 3.75. The van der Waals surface area contributed by atoms with Crippen molar-refractivity contribution in [1.82, 2.24) is 10.2 Å². The molecule has 5 heteroatoms. The molecule has 1 saturated heterocycles. The number of carbonyl (C=O) groups excluding carboxylic acids is 2. The number of rotatable bonds is 3. The standard InChI is InChI=1S/C19H26N2O3/c1-19(2,3)24-18(23)20-16-11-13-21(14-12-16)17(22)10-9-15-7-5-4-6-8-15/h4-10,16H,11-14H2,1-3H3,(H,20,23)/b10-9-. The fraction of sp³-hybridized carbons (Fsp3) is 0.474. The normalized spacial score (nSPS) is 16.2. The molecule has 1 aromatic rings. The first-order valence-corrected chi connectivity index (χ1v) is 8.35. The Hall–Kier alpha value is -2.30. The van der Waals surface area contributed by atoms with Gasteiger partial charge >= 0.3 is 6.09 Å². The lowest BCUT2D eigenvalue weighted by Crippen LogP contribution is -2.47. The van der Waals surface area contributed by atoms with Crippen LogP contribution in [0.3, 0.4) is 0 Å². The molecule has 0 bridgehead atoms. The quantitative estimate of drug-likeness (QED) is 0.866. The number of benzene rings is 1. The summed E-state index contributed by atoms with van der Waals surface area (Å²) in [7, 11) is 0. The Morgan fingerprint density at radius 3 is 2.38 bits per heavy atom. The Kier molecular flexibility index (Phi) is 6.01. The van der Waals surface area contributed by atoms with Crippen molar-refractivity contribution in [2.45, 2.75) is 45.3 Å². The van der Waals surface area contributed by atoms with Crippen molar-refractivity contribution < 1.29 is 14.3 Å². The van der Waals surface area contributed by atoms with Crippen molar-refractivity contribution >= 4 is 18.1 Å². The van der Waals surface area contributed by atoms with Crippen molar-refractivity contribution in [3.63, 3.8) is 0 Å². The molecule has 0 unspecified atom stereocenters. The molecule has 1 aliphatic rings. The SMILES string of the molecule is CC(C)(C)OC(=O)NC1CCN(C(=O)/C=C\c2ccccc2)CC1. The largest absolute Gasteiger partial charge is 0.444 e. The summed E-state index contributed by atoms with van der Waals surface area (Å²) in [5, 5.41) is 2.88. The maximum atomic E-state index is 12.2. The van der Waals surface area contributed by atoms with Crippen molar-refractivity contribution in [1.29, 1.82) is 0 Å². The van der Waals surface area contributed by atoms with Gasteiger partial charge < -0.3 is 15.0 Å². The van der Waals surface area contributed by atoms with Crippen LogP contribution >= 0.6 is 0 Å². The molecule has 0 saturated carbocycles. The summed E-state index contributed by atoms with van der Waals surface area (Å²) in [6, 6.07) is 9.81. The molecule has 1 aromatic carbocycles. The highest BCUT2D eigenvalue weighted by atomic mass is 16.6. The number of hydrogen-bond acceptors (Lipinski definition) is 3. The van der Waals surface area contributed by atoms with E-state index in [0.717, 1.165) is 18.4 Å². The van der Waals surface area contributed by atoms with E-state index < -0.39 is 11.7 Å². The molecule has 0 spiro atoms. The maximum Gasteiger partial charge on any atom is 0.407 e. The number of carbonyl (C=O) groups is 2.